The predicted molar refractivity (Wildman–Crippen MR) is 75.7 cm³/mol. The maximum absolute atomic E-state index is 6.01. The molecular weight excluding hydrogens is 260 g/mol. The molecule has 4 nitrogen and oxygen atoms in total. The van der Waals surface area contributed by atoms with Crippen molar-refractivity contribution < 1.29 is 0 Å². The molecule has 0 spiro atoms. The summed E-state index contributed by atoms with van der Waals surface area (Å²) < 4.78 is 1.90. The molecule has 1 N–H and O–H groups in total. The van der Waals surface area contributed by atoms with Gasteiger partial charge in [-0.2, -0.15) is 5.10 Å². The fraction of sp³-hybridized carbons (Fsp3) is 0.286. The Morgan fingerprint density at radius 1 is 1.37 bits per heavy atom. The van der Waals surface area contributed by atoms with Crippen molar-refractivity contribution in [2.45, 2.75) is 19.9 Å². The van der Waals surface area contributed by atoms with E-state index in [-0.39, 0.29) is 6.04 Å². The van der Waals surface area contributed by atoms with E-state index >= 15 is 0 Å². The van der Waals surface area contributed by atoms with Crippen LogP contribution < -0.4 is 5.32 Å². The Balaban J connectivity index is 2.11. The van der Waals surface area contributed by atoms with Gasteiger partial charge in [0.25, 0.3) is 0 Å². The molecule has 1 aromatic heterocycles. The molecule has 2 aromatic rings. The fourth-order valence-electron chi connectivity index (χ4n) is 2.31. The molecular formula is C14H15ClN4. The van der Waals surface area contributed by atoms with E-state index in [9.17, 15) is 0 Å². The lowest BCUT2D eigenvalue weighted by Gasteiger charge is -2.13. The van der Waals surface area contributed by atoms with Crippen LogP contribution in [0.15, 0.2) is 30.4 Å². The quantitative estimate of drug-likeness (QED) is 0.857. The maximum Gasteiger partial charge on any atom is 0.153 e. The fourth-order valence-corrected chi connectivity index (χ4v) is 2.54. The summed E-state index contributed by atoms with van der Waals surface area (Å²) in [6, 6.07) is 5.92. The Bertz CT molecular complexity index is 645. The van der Waals surface area contributed by atoms with Gasteiger partial charge in [0.15, 0.2) is 5.82 Å². The second-order valence-electron chi connectivity index (χ2n) is 4.67. The highest BCUT2D eigenvalue weighted by molar-refractivity contribution is 6.30. The van der Waals surface area contributed by atoms with Gasteiger partial charge >= 0.3 is 0 Å². The first kappa shape index (κ1) is 12.4. The summed E-state index contributed by atoms with van der Waals surface area (Å²) in [5.74, 6) is 1.68. The third kappa shape index (κ3) is 2.29. The van der Waals surface area contributed by atoms with Crippen LogP contribution in [0.3, 0.4) is 0 Å². The van der Waals surface area contributed by atoms with Crippen LogP contribution >= 0.6 is 11.6 Å². The molecule has 2 heterocycles. The van der Waals surface area contributed by atoms with Crippen molar-refractivity contribution in [2.75, 3.05) is 6.54 Å². The number of benzene rings is 1. The van der Waals surface area contributed by atoms with Crippen molar-refractivity contribution in [3.8, 4) is 5.69 Å². The number of halogens is 1. The van der Waals surface area contributed by atoms with Crippen LogP contribution in [0, 0.1) is 13.8 Å². The number of nitrogens with one attached hydrogen (secondary N) is 1. The number of hydrogen-bond acceptors (Lipinski definition) is 3. The SMILES string of the molecule is Cc1nc([C@H]2C=CCN2)n(-c2ccc(Cl)cc2C)n1. The summed E-state index contributed by atoms with van der Waals surface area (Å²) in [6.45, 7) is 4.81. The maximum atomic E-state index is 6.01. The van der Waals surface area contributed by atoms with Crippen molar-refractivity contribution in [3.05, 3.63) is 52.6 Å². The Hall–Kier alpha value is -1.65. The molecule has 0 amide bonds. The highest BCUT2D eigenvalue weighted by atomic mass is 35.5. The molecule has 1 aliphatic rings. The summed E-state index contributed by atoms with van der Waals surface area (Å²) in [6.07, 6.45) is 4.22. The molecule has 0 unspecified atom stereocenters. The molecule has 19 heavy (non-hydrogen) atoms. The van der Waals surface area contributed by atoms with E-state index in [1.165, 1.54) is 0 Å². The van der Waals surface area contributed by atoms with Crippen LogP contribution in [0.2, 0.25) is 5.02 Å². The highest BCUT2D eigenvalue weighted by Gasteiger charge is 2.20. The monoisotopic (exact) mass is 274 g/mol. The predicted octanol–water partition coefficient (Wildman–Crippen LogP) is 2.74. The van der Waals surface area contributed by atoms with E-state index in [1.54, 1.807) is 0 Å². The number of aromatic nitrogens is 3. The third-order valence-corrected chi connectivity index (χ3v) is 3.42. The minimum absolute atomic E-state index is 0.122. The van der Waals surface area contributed by atoms with E-state index in [4.69, 9.17) is 11.6 Å². The van der Waals surface area contributed by atoms with Gasteiger partial charge < -0.3 is 5.32 Å². The van der Waals surface area contributed by atoms with E-state index in [2.05, 4.69) is 27.6 Å². The van der Waals surface area contributed by atoms with Crippen molar-refractivity contribution in [3.63, 3.8) is 0 Å². The van der Waals surface area contributed by atoms with Crippen LogP contribution in [0.4, 0.5) is 0 Å². The largest absolute Gasteiger partial charge is 0.301 e. The first-order valence-electron chi connectivity index (χ1n) is 6.25. The van der Waals surface area contributed by atoms with Gasteiger partial charge in [-0.1, -0.05) is 23.8 Å². The van der Waals surface area contributed by atoms with Gasteiger partial charge in [-0.3, -0.25) is 0 Å². The molecule has 1 aliphatic heterocycles. The number of aryl methyl sites for hydroxylation is 2. The van der Waals surface area contributed by atoms with Crippen molar-refractivity contribution in [1.29, 1.82) is 0 Å². The van der Waals surface area contributed by atoms with Crippen molar-refractivity contribution in [1.82, 2.24) is 20.1 Å². The molecule has 0 radical (unpaired) electrons. The lowest BCUT2D eigenvalue weighted by Crippen LogP contribution is -2.19. The highest BCUT2D eigenvalue weighted by Crippen LogP contribution is 2.23. The summed E-state index contributed by atoms with van der Waals surface area (Å²) in [7, 11) is 0. The average molecular weight is 275 g/mol. The van der Waals surface area contributed by atoms with Gasteiger partial charge in [0.05, 0.1) is 11.7 Å². The van der Waals surface area contributed by atoms with Crippen molar-refractivity contribution >= 4 is 11.6 Å². The first-order valence-corrected chi connectivity index (χ1v) is 6.63. The van der Waals surface area contributed by atoms with Gasteiger partial charge in [-0.15, -0.1) is 0 Å². The van der Waals surface area contributed by atoms with E-state index < -0.39 is 0 Å². The summed E-state index contributed by atoms with van der Waals surface area (Å²) in [4.78, 5) is 4.54. The number of rotatable bonds is 2. The van der Waals surface area contributed by atoms with Gasteiger partial charge in [-0.25, -0.2) is 9.67 Å². The molecule has 1 aromatic carbocycles. The molecule has 5 heteroatoms. The lowest BCUT2D eigenvalue weighted by atomic mass is 10.2. The summed E-state index contributed by atoms with van der Waals surface area (Å²) in [5, 5.41) is 8.61. The molecule has 0 aliphatic carbocycles. The zero-order chi connectivity index (χ0) is 13.4. The average Bonchev–Trinajstić information content (AvgIpc) is 2.97. The van der Waals surface area contributed by atoms with E-state index in [0.29, 0.717) is 0 Å². The van der Waals surface area contributed by atoms with Gasteiger partial charge in [0.1, 0.15) is 5.82 Å². The van der Waals surface area contributed by atoms with Gasteiger partial charge in [-0.05, 0) is 37.6 Å². The van der Waals surface area contributed by atoms with Crippen LogP contribution in [-0.4, -0.2) is 21.3 Å². The zero-order valence-electron chi connectivity index (χ0n) is 10.9. The Kier molecular flexibility index (Phi) is 3.12. The number of nitrogens with zero attached hydrogens (tertiary/aromatic N) is 3. The normalized spacial score (nSPS) is 18.2. The van der Waals surface area contributed by atoms with Gasteiger partial charge in [0.2, 0.25) is 0 Å². The Morgan fingerprint density at radius 2 is 2.21 bits per heavy atom. The standard InChI is InChI=1S/C14H15ClN4/c1-9-8-11(15)5-6-13(9)19-14(17-10(2)18-19)12-4-3-7-16-12/h3-6,8,12,16H,7H2,1-2H3/t12-/m1/s1. The lowest BCUT2D eigenvalue weighted by molar-refractivity contribution is 0.638. The van der Waals surface area contributed by atoms with Gasteiger partial charge in [0, 0.05) is 11.6 Å². The molecule has 0 bridgehead atoms. The molecule has 0 saturated heterocycles. The zero-order valence-corrected chi connectivity index (χ0v) is 11.6. The molecule has 98 valence electrons. The summed E-state index contributed by atoms with van der Waals surface area (Å²) >= 11 is 6.01. The molecule has 3 rings (SSSR count). The summed E-state index contributed by atoms with van der Waals surface area (Å²) in [5.41, 5.74) is 2.10. The second kappa shape index (κ2) is 4.79. The molecule has 1 atom stereocenters. The van der Waals surface area contributed by atoms with Crippen LogP contribution in [0.25, 0.3) is 5.69 Å². The topological polar surface area (TPSA) is 42.7 Å². The first-order chi connectivity index (χ1) is 9.15. The van der Waals surface area contributed by atoms with Crippen LogP contribution in [-0.2, 0) is 0 Å². The molecule has 0 fully saturated rings. The minimum Gasteiger partial charge on any atom is -0.301 e. The third-order valence-electron chi connectivity index (χ3n) is 3.19. The minimum atomic E-state index is 0.122. The Morgan fingerprint density at radius 3 is 2.89 bits per heavy atom. The van der Waals surface area contributed by atoms with E-state index in [1.807, 2.05) is 36.7 Å². The van der Waals surface area contributed by atoms with E-state index in [0.717, 1.165) is 34.5 Å². The Labute approximate surface area is 117 Å². The smallest absolute Gasteiger partial charge is 0.153 e. The van der Waals surface area contributed by atoms with Crippen LogP contribution in [0.5, 0.6) is 0 Å². The second-order valence-corrected chi connectivity index (χ2v) is 5.11. The van der Waals surface area contributed by atoms with Crippen molar-refractivity contribution in [2.24, 2.45) is 0 Å². The molecule has 0 saturated carbocycles. The van der Waals surface area contributed by atoms with Crippen LogP contribution in [0.1, 0.15) is 23.3 Å². The number of hydrogen-bond donors (Lipinski definition) is 1.